The molecule has 1 aromatic carbocycles. The van der Waals surface area contributed by atoms with Crippen LogP contribution in [-0.2, 0) is 9.53 Å². The summed E-state index contributed by atoms with van der Waals surface area (Å²) in [5.74, 6) is 0.989. The number of nitrogens with zero attached hydrogens (tertiary/aromatic N) is 1. The van der Waals surface area contributed by atoms with Crippen molar-refractivity contribution in [3.8, 4) is 5.69 Å². The Morgan fingerprint density at radius 2 is 1.79 bits per heavy atom. The number of carbonyl (C=O) groups excluding carboxylic acids is 2. The van der Waals surface area contributed by atoms with Gasteiger partial charge in [0.1, 0.15) is 0 Å². The molecule has 2 aromatic rings. The van der Waals surface area contributed by atoms with Crippen LogP contribution in [0.5, 0.6) is 0 Å². The fourth-order valence-corrected chi connectivity index (χ4v) is 8.99. The first-order chi connectivity index (χ1) is 15.6. The smallest absolute Gasteiger partial charge is 0.306 e. The molecule has 0 N–H and O–H groups in total. The quantitative estimate of drug-likeness (QED) is 0.215. The first kappa shape index (κ1) is 23.4. The van der Waals surface area contributed by atoms with Crippen molar-refractivity contribution < 1.29 is 14.3 Å². The van der Waals surface area contributed by atoms with Crippen molar-refractivity contribution >= 4 is 50.9 Å². The molecule has 0 spiro atoms. The first-order valence-corrected chi connectivity index (χ1v) is 13.1. The van der Waals surface area contributed by atoms with Gasteiger partial charge in [-0.3, -0.25) is 9.59 Å². The van der Waals surface area contributed by atoms with Gasteiger partial charge in [-0.2, -0.15) is 0 Å². The van der Waals surface area contributed by atoms with Gasteiger partial charge in [-0.25, -0.2) is 0 Å². The summed E-state index contributed by atoms with van der Waals surface area (Å²) >= 11 is 16.2. The van der Waals surface area contributed by atoms with Crippen LogP contribution in [0.15, 0.2) is 24.3 Å². The molecule has 4 bridgehead atoms. The Kier molecular flexibility index (Phi) is 5.98. The van der Waals surface area contributed by atoms with E-state index in [4.69, 9.17) is 27.9 Å². The number of halogens is 3. The number of carbonyl (C=O) groups is 2. The number of alkyl halides is 1. The molecule has 176 valence electrons. The molecule has 6 rings (SSSR count). The number of benzene rings is 1. The van der Waals surface area contributed by atoms with Crippen LogP contribution in [0.2, 0.25) is 10.0 Å². The van der Waals surface area contributed by atoms with E-state index in [2.05, 4.69) is 15.9 Å². The van der Waals surface area contributed by atoms with Crippen LogP contribution in [0.1, 0.15) is 66.7 Å². The molecule has 4 fully saturated rings. The summed E-state index contributed by atoms with van der Waals surface area (Å²) in [5.41, 5.74) is 3.12. The number of hydrogen-bond donors (Lipinski definition) is 0. The van der Waals surface area contributed by atoms with Crippen molar-refractivity contribution in [2.75, 3.05) is 6.61 Å². The number of esters is 1. The van der Waals surface area contributed by atoms with Crippen molar-refractivity contribution in [2.24, 2.45) is 17.3 Å². The van der Waals surface area contributed by atoms with E-state index in [0.717, 1.165) is 36.3 Å². The van der Waals surface area contributed by atoms with Crippen LogP contribution >= 0.6 is 39.1 Å². The maximum atomic E-state index is 13.0. The Labute approximate surface area is 213 Å². The topological polar surface area (TPSA) is 48.3 Å². The van der Waals surface area contributed by atoms with Gasteiger partial charge in [-0.1, -0.05) is 39.1 Å². The summed E-state index contributed by atoms with van der Waals surface area (Å²) in [6, 6.07) is 7.22. The third-order valence-electron chi connectivity index (χ3n) is 7.89. The summed E-state index contributed by atoms with van der Waals surface area (Å²) in [7, 11) is 0. The van der Waals surface area contributed by atoms with Crippen LogP contribution in [0.3, 0.4) is 0 Å². The molecule has 0 saturated heterocycles. The van der Waals surface area contributed by atoms with E-state index >= 15 is 0 Å². The molecule has 4 nitrogen and oxygen atoms in total. The normalized spacial score (nSPS) is 30.0. The third-order valence-corrected chi connectivity index (χ3v) is 9.55. The van der Waals surface area contributed by atoms with Gasteiger partial charge in [-0.05, 0) is 93.9 Å². The van der Waals surface area contributed by atoms with E-state index in [1.807, 2.05) is 30.5 Å². The molecule has 4 saturated carbocycles. The molecule has 2 unspecified atom stereocenters. The Balaban J connectivity index is 1.25. The van der Waals surface area contributed by atoms with Gasteiger partial charge in [-0.15, -0.1) is 0 Å². The van der Waals surface area contributed by atoms with E-state index < -0.39 is 0 Å². The maximum Gasteiger partial charge on any atom is 0.306 e. The molecule has 0 aliphatic heterocycles. The minimum Gasteiger partial charge on any atom is -0.457 e. The Morgan fingerprint density at radius 3 is 2.42 bits per heavy atom. The van der Waals surface area contributed by atoms with Crippen LogP contribution in [0, 0.1) is 31.1 Å². The second-order valence-electron chi connectivity index (χ2n) is 10.6. The van der Waals surface area contributed by atoms with Crippen molar-refractivity contribution in [2.45, 2.75) is 63.1 Å². The van der Waals surface area contributed by atoms with Crippen molar-refractivity contribution in [1.82, 2.24) is 4.57 Å². The molecule has 4 atom stereocenters. The highest BCUT2D eigenvalue weighted by molar-refractivity contribution is 9.10. The number of aromatic nitrogens is 1. The molecule has 1 heterocycles. The standard InChI is InChI=1S/C26H28BrCl2NO3/c1-15-5-20(16(2)30(15)19-3-4-21(28)22(29)7-19)23(31)13-33-24(32)12-25-8-17-6-18(9-25)11-26(27,10-17)14-25/h3-5,7,17-18H,6,8-14H2,1-2H3/t17-,18+,25?,26?. The predicted molar refractivity (Wildman–Crippen MR) is 134 cm³/mol. The molecule has 1 aromatic heterocycles. The number of rotatable bonds is 6. The lowest BCUT2D eigenvalue weighted by atomic mass is 9.49. The Morgan fingerprint density at radius 1 is 1.09 bits per heavy atom. The second-order valence-corrected chi connectivity index (χ2v) is 13.1. The average Bonchev–Trinajstić information content (AvgIpc) is 3.00. The van der Waals surface area contributed by atoms with Gasteiger partial charge in [0.25, 0.3) is 0 Å². The number of hydrogen-bond acceptors (Lipinski definition) is 3. The minimum atomic E-state index is -0.250. The van der Waals surface area contributed by atoms with Gasteiger partial charge in [0.05, 0.1) is 16.5 Å². The van der Waals surface area contributed by atoms with Gasteiger partial charge in [0.2, 0.25) is 5.78 Å². The monoisotopic (exact) mass is 551 g/mol. The summed E-state index contributed by atoms with van der Waals surface area (Å²) in [4.78, 5) is 25.8. The van der Waals surface area contributed by atoms with Gasteiger partial charge in [0, 0.05) is 27.0 Å². The molecule has 7 heteroatoms. The zero-order valence-corrected chi connectivity index (χ0v) is 22.0. The summed E-state index contributed by atoms with van der Waals surface area (Å²) in [5, 5.41) is 0.939. The van der Waals surface area contributed by atoms with Gasteiger partial charge < -0.3 is 9.30 Å². The van der Waals surface area contributed by atoms with E-state index in [9.17, 15) is 9.59 Å². The maximum absolute atomic E-state index is 13.0. The SMILES string of the molecule is Cc1cc(C(=O)COC(=O)CC23C[C@@H]4C[C@@H](CC(Br)(C4)C2)C3)c(C)n1-c1ccc(Cl)c(Cl)c1. The van der Waals surface area contributed by atoms with E-state index in [1.54, 1.807) is 12.1 Å². The lowest BCUT2D eigenvalue weighted by Gasteiger charge is -2.60. The van der Waals surface area contributed by atoms with Gasteiger partial charge in [0.15, 0.2) is 6.61 Å². The van der Waals surface area contributed by atoms with E-state index in [0.29, 0.717) is 33.9 Å². The number of Topliss-reactive ketones (excluding diaryl/α,β-unsaturated/α-hetero) is 1. The van der Waals surface area contributed by atoms with Crippen molar-refractivity contribution in [1.29, 1.82) is 0 Å². The lowest BCUT2D eigenvalue weighted by molar-refractivity contribution is -0.149. The molecular weight excluding hydrogens is 525 g/mol. The highest BCUT2D eigenvalue weighted by Gasteiger charge is 2.57. The minimum absolute atomic E-state index is 0.0391. The predicted octanol–water partition coefficient (Wildman–Crippen LogP) is 7.25. The molecule has 0 radical (unpaired) electrons. The third kappa shape index (κ3) is 4.41. The number of ether oxygens (including phenoxy) is 1. The summed E-state index contributed by atoms with van der Waals surface area (Å²) in [6.45, 7) is 3.59. The fourth-order valence-electron chi connectivity index (χ4n) is 7.19. The largest absolute Gasteiger partial charge is 0.457 e. The van der Waals surface area contributed by atoms with Crippen molar-refractivity contribution in [3.05, 3.63) is 51.3 Å². The lowest BCUT2D eigenvalue weighted by Crippen LogP contribution is -2.53. The summed E-state index contributed by atoms with van der Waals surface area (Å²) in [6.07, 6.45) is 7.46. The Bertz CT molecular complexity index is 1130. The molecular formula is C26H28BrCl2NO3. The molecule has 4 aliphatic carbocycles. The zero-order chi connectivity index (χ0) is 23.5. The molecule has 0 amide bonds. The number of aryl methyl sites for hydroxylation is 1. The average molecular weight is 553 g/mol. The van der Waals surface area contributed by atoms with Crippen LogP contribution in [-0.4, -0.2) is 27.3 Å². The molecule has 33 heavy (non-hydrogen) atoms. The summed E-state index contributed by atoms with van der Waals surface area (Å²) < 4.78 is 7.69. The highest BCUT2D eigenvalue weighted by atomic mass is 79.9. The van der Waals surface area contributed by atoms with Crippen LogP contribution < -0.4 is 0 Å². The molecule has 4 aliphatic rings. The van der Waals surface area contributed by atoms with Gasteiger partial charge >= 0.3 is 5.97 Å². The van der Waals surface area contributed by atoms with Crippen LogP contribution in [0.4, 0.5) is 0 Å². The zero-order valence-electron chi connectivity index (χ0n) is 18.9. The van der Waals surface area contributed by atoms with E-state index in [1.165, 1.54) is 19.3 Å². The van der Waals surface area contributed by atoms with Crippen molar-refractivity contribution in [3.63, 3.8) is 0 Å². The fraction of sp³-hybridized carbons (Fsp3) is 0.538. The second kappa shape index (κ2) is 8.42. The van der Waals surface area contributed by atoms with Crippen LogP contribution in [0.25, 0.3) is 5.69 Å². The first-order valence-electron chi connectivity index (χ1n) is 11.6. The highest BCUT2D eigenvalue weighted by Crippen LogP contribution is 2.65. The van der Waals surface area contributed by atoms with E-state index in [-0.39, 0.29) is 28.1 Å². The number of ketones is 1. The Hall–Kier alpha value is -1.30.